The van der Waals surface area contributed by atoms with E-state index in [4.69, 9.17) is 5.11 Å². The highest BCUT2D eigenvalue weighted by atomic mass is 16.4. The van der Waals surface area contributed by atoms with E-state index in [2.05, 4.69) is 11.8 Å². The Morgan fingerprint density at radius 3 is 2.80 bits per heavy atom. The highest BCUT2D eigenvalue weighted by Gasteiger charge is 2.21. The topological polar surface area (TPSA) is 40.5 Å². The molecule has 86 valence electrons. The fourth-order valence-electron chi connectivity index (χ4n) is 2.21. The summed E-state index contributed by atoms with van der Waals surface area (Å²) in [5, 5.41) is 8.88. The van der Waals surface area contributed by atoms with E-state index in [1.54, 1.807) is 0 Å². The summed E-state index contributed by atoms with van der Waals surface area (Å²) in [4.78, 5) is 13.2. The van der Waals surface area contributed by atoms with Crippen LogP contribution < -0.4 is 0 Å². The van der Waals surface area contributed by atoms with E-state index >= 15 is 0 Å². The van der Waals surface area contributed by atoms with Gasteiger partial charge in [-0.1, -0.05) is 19.9 Å². The number of hydrogen-bond donors (Lipinski definition) is 1. The predicted octanol–water partition coefficient (Wildman–Crippen LogP) is 2.28. The lowest BCUT2D eigenvalue weighted by atomic mass is 10.1. The number of rotatable bonds is 5. The van der Waals surface area contributed by atoms with E-state index < -0.39 is 5.97 Å². The van der Waals surface area contributed by atoms with E-state index in [1.165, 1.54) is 19.3 Å². The van der Waals surface area contributed by atoms with Crippen LogP contribution >= 0.6 is 0 Å². The summed E-state index contributed by atoms with van der Waals surface area (Å²) in [6, 6.07) is 0.660. The van der Waals surface area contributed by atoms with E-state index in [0.29, 0.717) is 18.0 Å². The third-order valence-corrected chi connectivity index (χ3v) is 3.20. The first-order chi connectivity index (χ1) is 7.19. The van der Waals surface area contributed by atoms with Crippen LogP contribution in [0.2, 0.25) is 0 Å². The molecule has 0 aliphatic carbocycles. The SMILES string of the molecule is CCC(=CCN1CCCC1CC)C(=O)O. The summed E-state index contributed by atoms with van der Waals surface area (Å²) in [6.45, 7) is 6.01. The molecular formula is C12H21NO2. The van der Waals surface area contributed by atoms with Gasteiger partial charge in [-0.15, -0.1) is 0 Å². The van der Waals surface area contributed by atoms with Gasteiger partial charge in [-0.2, -0.15) is 0 Å². The van der Waals surface area contributed by atoms with Gasteiger partial charge in [-0.05, 0) is 32.2 Å². The molecule has 0 bridgehead atoms. The maximum Gasteiger partial charge on any atom is 0.331 e. The average molecular weight is 211 g/mol. The number of carboxylic acids is 1. The van der Waals surface area contributed by atoms with Crippen LogP contribution in [0.15, 0.2) is 11.6 Å². The van der Waals surface area contributed by atoms with Crippen molar-refractivity contribution in [1.82, 2.24) is 4.90 Å². The number of carboxylic acid groups (broad SMARTS) is 1. The molecule has 0 aromatic carbocycles. The normalized spacial score (nSPS) is 23.3. The van der Waals surface area contributed by atoms with Gasteiger partial charge in [0.15, 0.2) is 0 Å². The number of likely N-dealkylation sites (tertiary alicyclic amines) is 1. The standard InChI is InChI=1S/C12H21NO2/c1-3-10(12(14)15)7-9-13-8-5-6-11(13)4-2/h7,11H,3-6,8-9H2,1-2H3,(H,14,15). The second kappa shape index (κ2) is 5.91. The van der Waals surface area contributed by atoms with Gasteiger partial charge in [0.2, 0.25) is 0 Å². The average Bonchev–Trinajstić information content (AvgIpc) is 2.65. The molecule has 1 rings (SSSR count). The minimum absolute atomic E-state index is 0.539. The molecule has 0 aromatic heterocycles. The second-order valence-electron chi connectivity index (χ2n) is 4.09. The summed E-state index contributed by atoms with van der Waals surface area (Å²) >= 11 is 0. The van der Waals surface area contributed by atoms with Gasteiger partial charge in [0.25, 0.3) is 0 Å². The van der Waals surface area contributed by atoms with E-state index in [9.17, 15) is 4.79 Å². The van der Waals surface area contributed by atoms with Crippen molar-refractivity contribution in [3.63, 3.8) is 0 Å². The zero-order valence-electron chi connectivity index (χ0n) is 9.70. The molecule has 1 fully saturated rings. The Bertz CT molecular complexity index is 248. The minimum atomic E-state index is -0.773. The van der Waals surface area contributed by atoms with E-state index in [-0.39, 0.29) is 0 Å². The first-order valence-corrected chi connectivity index (χ1v) is 5.85. The number of nitrogens with zero attached hydrogens (tertiary/aromatic N) is 1. The van der Waals surface area contributed by atoms with Crippen LogP contribution in [0.4, 0.5) is 0 Å². The molecule has 1 unspecified atom stereocenters. The molecular weight excluding hydrogens is 190 g/mol. The minimum Gasteiger partial charge on any atom is -0.478 e. The number of aliphatic carboxylic acids is 1. The van der Waals surface area contributed by atoms with Crippen LogP contribution in [0.1, 0.15) is 39.5 Å². The number of hydrogen-bond acceptors (Lipinski definition) is 2. The van der Waals surface area contributed by atoms with Crippen molar-refractivity contribution in [2.24, 2.45) is 0 Å². The van der Waals surface area contributed by atoms with Crippen molar-refractivity contribution in [2.45, 2.75) is 45.6 Å². The van der Waals surface area contributed by atoms with Crippen molar-refractivity contribution in [2.75, 3.05) is 13.1 Å². The van der Waals surface area contributed by atoms with Crippen LogP contribution in [0.3, 0.4) is 0 Å². The fraction of sp³-hybridized carbons (Fsp3) is 0.750. The van der Waals surface area contributed by atoms with Crippen LogP contribution in [0, 0.1) is 0 Å². The van der Waals surface area contributed by atoms with Gasteiger partial charge < -0.3 is 5.11 Å². The monoisotopic (exact) mass is 211 g/mol. The largest absolute Gasteiger partial charge is 0.478 e. The van der Waals surface area contributed by atoms with E-state index in [1.807, 2.05) is 13.0 Å². The Balaban J connectivity index is 2.50. The zero-order valence-corrected chi connectivity index (χ0v) is 9.70. The van der Waals surface area contributed by atoms with Gasteiger partial charge in [0, 0.05) is 18.2 Å². The van der Waals surface area contributed by atoms with Gasteiger partial charge in [0.1, 0.15) is 0 Å². The maximum atomic E-state index is 10.8. The summed E-state index contributed by atoms with van der Waals surface area (Å²) in [6.07, 6.45) is 6.17. The van der Waals surface area contributed by atoms with Crippen molar-refractivity contribution in [3.8, 4) is 0 Å². The lowest BCUT2D eigenvalue weighted by Crippen LogP contribution is -2.29. The molecule has 3 nitrogen and oxygen atoms in total. The molecule has 0 amide bonds. The molecule has 1 aliphatic heterocycles. The van der Waals surface area contributed by atoms with Gasteiger partial charge >= 0.3 is 5.97 Å². The van der Waals surface area contributed by atoms with Gasteiger partial charge in [-0.3, -0.25) is 4.90 Å². The lowest BCUT2D eigenvalue weighted by Gasteiger charge is -2.21. The predicted molar refractivity (Wildman–Crippen MR) is 60.9 cm³/mol. The molecule has 0 radical (unpaired) electrons. The van der Waals surface area contributed by atoms with Crippen LogP contribution in [0.25, 0.3) is 0 Å². The molecule has 1 N–H and O–H groups in total. The molecule has 1 heterocycles. The summed E-state index contributed by atoms with van der Waals surface area (Å²) in [5.41, 5.74) is 0.539. The Hall–Kier alpha value is -0.830. The molecule has 0 saturated carbocycles. The molecule has 3 heteroatoms. The van der Waals surface area contributed by atoms with Crippen LogP contribution in [-0.2, 0) is 4.79 Å². The highest BCUT2D eigenvalue weighted by Crippen LogP contribution is 2.19. The van der Waals surface area contributed by atoms with Crippen LogP contribution in [0.5, 0.6) is 0 Å². The summed E-state index contributed by atoms with van der Waals surface area (Å²) in [5.74, 6) is -0.773. The Morgan fingerprint density at radius 1 is 1.53 bits per heavy atom. The molecule has 1 saturated heterocycles. The Labute approximate surface area is 91.8 Å². The van der Waals surface area contributed by atoms with Crippen LogP contribution in [-0.4, -0.2) is 35.1 Å². The molecule has 1 aliphatic rings. The molecule has 1 atom stereocenters. The zero-order chi connectivity index (χ0) is 11.3. The Morgan fingerprint density at radius 2 is 2.27 bits per heavy atom. The van der Waals surface area contributed by atoms with Crippen molar-refractivity contribution in [3.05, 3.63) is 11.6 Å². The molecule has 0 aromatic rings. The molecule has 15 heavy (non-hydrogen) atoms. The second-order valence-corrected chi connectivity index (χ2v) is 4.09. The third kappa shape index (κ3) is 3.34. The maximum absolute atomic E-state index is 10.8. The van der Waals surface area contributed by atoms with Crippen molar-refractivity contribution >= 4 is 5.97 Å². The molecule has 0 spiro atoms. The number of carbonyl (C=O) groups is 1. The smallest absolute Gasteiger partial charge is 0.331 e. The van der Waals surface area contributed by atoms with E-state index in [0.717, 1.165) is 13.1 Å². The first-order valence-electron chi connectivity index (χ1n) is 5.85. The van der Waals surface area contributed by atoms with Crippen molar-refractivity contribution < 1.29 is 9.90 Å². The Kier molecular flexibility index (Phi) is 4.82. The quantitative estimate of drug-likeness (QED) is 0.709. The fourth-order valence-corrected chi connectivity index (χ4v) is 2.21. The summed E-state index contributed by atoms with van der Waals surface area (Å²) < 4.78 is 0. The first kappa shape index (κ1) is 12.2. The lowest BCUT2D eigenvalue weighted by molar-refractivity contribution is -0.132. The van der Waals surface area contributed by atoms with Crippen molar-refractivity contribution in [1.29, 1.82) is 0 Å². The van der Waals surface area contributed by atoms with Gasteiger partial charge in [0.05, 0.1) is 0 Å². The third-order valence-electron chi connectivity index (χ3n) is 3.20. The van der Waals surface area contributed by atoms with Gasteiger partial charge in [-0.25, -0.2) is 4.79 Å². The summed E-state index contributed by atoms with van der Waals surface area (Å²) in [7, 11) is 0. The highest BCUT2D eigenvalue weighted by molar-refractivity contribution is 5.86.